The molecule has 0 spiro atoms. The standard InChI is InChI=1S/C13H14N2O2/c1-7-4-8(2)10(9(3)5-7)6-11-12(16)15-13(17)14-11/h4-6H,1-3H3,(H2,14,15,16,17)/b11-6+. The van der Waals surface area contributed by atoms with Gasteiger partial charge >= 0.3 is 6.03 Å². The maximum atomic E-state index is 11.4. The number of amides is 3. The third kappa shape index (κ3) is 2.20. The van der Waals surface area contributed by atoms with Crippen molar-refractivity contribution < 1.29 is 9.59 Å². The Morgan fingerprint density at radius 3 is 2.06 bits per heavy atom. The lowest BCUT2D eigenvalue weighted by molar-refractivity contribution is -0.115. The number of rotatable bonds is 1. The number of hydrogen-bond acceptors (Lipinski definition) is 2. The maximum Gasteiger partial charge on any atom is 0.326 e. The molecule has 2 rings (SSSR count). The van der Waals surface area contributed by atoms with Crippen molar-refractivity contribution in [3.8, 4) is 0 Å². The summed E-state index contributed by atoms with van der Waals surface area (Å²) in [5.41, 5.74) is 4.63. The molecule has 17 heavy (non-hydrogen) atoms. The van der Waals surface area contributed by atoms with Crippen molar-refractivity contribution in [1.29, 1.82) is 0 Å². The molecule has 0 unspecified atom stereocenters. The summed E-state index contributed by atoms with van der Waals surface area (Å²) in [4.78, 5) is 22.4. The Morgan fingerprint density at radius 2 is 1.59 bits per heavy atom. The second kappa shape index (κ2) is 4.05. The molecule has 0 atom stereocenters. The average Bonchev–Trinajstić information content (AvgIpc) is 2.51. The molecular weight excluding hydrogens is 216 g/mol. The monoisotopic (exact) mass is 230 g/mol. The van der Waals surface area contributed by atoms with Gasteiger partial charge in [0.05, 0.1) is 0 Å². The Hall–Kier alpha value is -2.10. The highest BCUT2D eigenvalue weighted by Gasteiger charge is 2.23. The number of carbonyl (C=O) groups excluding carboxylic acids is 2. The first-order valence-corrected chi connectivity index (χ1v) is 5.39. The molecular formula is C13H14N2O2. The first kappa shape index (κ1) is 11.4. The molecule has 2 N–H and O–H groups in total. The lowest BCUT2D eigenvalue weighted by Gasteiger charge is -2.07. The molecule has 4 nitrogen and oxygen atoms in total. The van der Waals surface area contributed by atoms with Crippen molar-refractivity contribution in [1.82, 2.24) is 10.6 Å². The van der Waals surface area contributed by atoms with Crippen LogP contribution < -0.4 is 10.6 Å². The molecule has 1 aromatic carbocycles. The van der Waals surface area contributed by atoms with Gasteiger partial charge in [-0.2, -0.15) is 0 Å². The second-order valence-electron chi connectivity index (χ2n) is 4.28. The van der Waals surface area contributed by atoms with Gasteiger partial charge in [0.2, 0.25) is 0 Å². The first-order chi connectivity index (χ1) is 7.97. The van der Waals surface area contributed by atoms with Crippen LogP contribution in [0.25, 0.3) is 6.08 Å². The molecule has 0 bridgehead atoms. The Morgan fingerprint density at radius 1 is 1.00 bits per heavy atom. The fraction of sp³-hybridized carbons (Fsp3) is 0.231. The summed E-state index contributed by atoms with van der Waals surface area (Å²) in [6.07, 6.45) is 1.71. The maximum absolute atomic E-state index is 11.4. The van der Waals surface area contributed by atoms with Gasteiger partial charge in [0.15, 0.2) is 0 Å². The second-order valence-corrected chi connectivity index (χ2v) is 4.28. The van der Waals surface area contributed by atoms with Gasteiger partial charge in [-0.15, -0.1) is 0 Å². The Kier molecular flexibility index (Phi) is 2.71. The van der Waals surface area contributed by atoms with Crippen molar-refractivity contribution >= 4 is 18.0 Å². The van der Waals surface area contributed by atoms with E-state index in [1.807, 2.05) is 32.9 Å². The van der Waals surface area contributed by atoms with E-state index >= 15 is 0 Å². The van der Waals surface area contributed by atoms with E-state index in [9.17, 15) is 9.59 Å². The molecule has 1 heterocycles. The van der Waals surface area contributed by atoms with Crippen LogP contribution >= 0.6 is 0 Å². The third-order valence-electron chi connectivity index (χ3n) is 2.75. The van der Waals surface area contributed by atoms with Gasteiger partial charge in [-0.1, -0.05) is 17.7 Å². The van der Waals surface area contributed by atoms with E-state index in [4.69, 9.17) is 0 Å². The zero-order valence-electron chi connectivity index (χ0n) is 10.0. The van der Waals surface area contributed by atoms with Crippen LogP contribution in [0.1, 0.15) is 22.3 Å². The van der Waals surface area contributed by atoms with E-state index in [0.29, 0.717) is 5.70 Å². The third-order valence-corrected chi connectivity index (χ3v) is 2.75. The summed E-state index contributed by atoms with van der Waals surface area (Å²) in [6.45, 7) is 6.00. The highest BCUT2D eigenvalue weighted by Crippen LogP contribution is 2.19. The summed E-state index contributed by atoms with van der Waals surface area (Å²) in [6, 6.07) is 3.63. The molecule has 1 saturated heterocycles. The fourth-order valence-corrected chi connectivity index (χ4v) is 2.05. The molecule has 0 saturated carbocycles. The number of urea groups is 1. The van der Waals surface area contributed by atoms with Crippen LogP contribution in [0.2, 0.25) is 0 Å². The van der Waals surface area contributed by atoms with Crippen LogP contribution in [-0.4, -0.2) is 11.9 Å². The van der Waals surface area contributed by atoms with E-state index < -0.39 is 6.03 Å². The summed E-state index contributed by atoms with van der Waals surface area (Å²) in [7, 11) is 0. The van der Waals surface area contributed by atoms with E-state index in [-0.39, 0.29) is 5.91 Å². The Labute approximate surface area is 99.7 Å². The van der Waals surface area contributed by atoms with Gasteiger partial charge in [0.25, 0.3) is 5.91 Å². The smallest absolute Gasteiger partial charge is 0.303 e. The lowest BCUT2D eigenvalue weighted by Crippen LogP contribution is -2.22. The molecule has 88 valence electrons. The van der Waals surface area contributed by atoms with Crippen LogP contribution in [0, 0.1) is 20.8 Å². The number of nitrogens with one attached hydrogen (secondary N) is 2. The molecule has 3 amide bonds. The van der Waals surface area contributed by atoms with Gasteiger partial charge < -0.3 is 5.32 Å². The minimum Gasteiger partial charge on any atom is -0.303 e. The Bertz CT molecular complexity index is 521. The molecule has 0 aromatic heterocycles. The zero-order chi connectivity index (χ0) is 12.6. The molecule has 0 aliphatic carbocycles. The molecule has 1 aliphatic rings. The quantitative estimate of drug-likeness (QED) is 0.571. The SMILES string of the molecule is Cc1cc(C)c(/C=C2/NC(=O)NC2=O)c(C)c1. The van der Waals surface area contributed by atoms with Crippen LogP contribution in [0.4, 0.5) is 4.79 Å². The molecule has 1 aromatic rings. The molecule has 0 radical (unpaired) electrons. The van der Waals surface area contributed by atoms with Gasteiger partial charge in [-0.3, -0.25) is 10.1 Å². The summed E-state index contributed by atoms with van der Waals surface area (Å²) in [5, 5.41) is 4.66. The van der Waals surface area contributed by atoms with E-state index in [2.05, 4.69) is 10.6 Å². The van der Waals surface area contributed by atoms with Crippen LogP contribution in [0.15, 0.2) is 17.8 Å². The molecule has 1 fully saturated rings. The van der Waals surface area contributed by atoms with E-state index in [0.717, 1.165) is 16.7 Å². The molecule has 1 aliphatic heterocycles. The number of hydrogen-bond donors (Lipinski definition) is 2. The van der Waals surface area contributed by atoms with Gasteiger partial charge in [0.1, 0.15) is 5.70 Å². The van der Waals surface area contributed by atoms with Crippen molar-refractivity contribution in [3.05, 3.63) is 40.1 Å². The summed E-state index contributed by atoms with van der Waals surface area (Å²) in [5.74, 6) is -0.380. The Balaban J connectivity index is 2.46. The van der Waals surface area contributed by atoms with Crippen LogP contribution in [0.5, 0.6) is 0 Å². The van der Waals surface area contributed by atoms with Crippen molar-refractivity contribution in [3.63, 3.8) is 0 Å². The van der Waals surface area contributed by atoms with Gasteiger partial charge in [-0.05, 0) is 43.5 Å². The normalized spacial score (nSPS) is 17.2. The molecule has 4 heteroatoms. The predicted molar refractivity (Wildman–Crippen MR) is 65.3 cm³/mol. The topological polar surface area (TPSA) is 58.2 Å². The minimum atomic E-state index is -0.469. The first-order valence-electron chi connectivity index (χ1n) is 5.39. The number of aryl methyl sites for hydroxylation is 3. The lowest BCUT2D eigenvalue weighted by atomic mass is 9.99. The fourth-order valence-electron chi connectivity index (χ4n) is 2.05. The van der Waals surface area contributed by atoms with Crippen LogP contribution in [-0.2, 0) is 4.79 Å². The van der Waals surface area contributed by atoms with Crippen LogP contribution in [0.3, 0.4) is 0 Å². The largest absolute Gasteiger partial charge is 0.326 e. The average molecular weight is 230 g/mol. The number of imide groups is 1. The van der Waals surface area contributed by atoms with Gasteiger partial charge in [-0.25, -0.2) is 4.79 Å². The van der Waals surface area contributed by atoms with E-state index in [1.54, 1.807) is 6.08 Å². The summed E-state index contributed by atoms with van der Waals surface area (Å²) < 4.78 is 0. The summed E-state index contributed by atoms with van der Waals surface area (Å²) >= 11 is 0. The van der Waals surface area contributed by atoms with Crippen molar-refractivity contribution in [2.24, 2.45) is 0 Å². The van der Waals surface area contributed by atoms with E-state index in [1.165, 1.54) is 5.56 Å². The number of carbonyl (C=O) groups is 2. The van der Waals surface area contributed by atoms with Gasteiger partial charge in [0, 0.05) is 0 Å². The highest BCUT2D eigenvalue weighted by atomic mass is 16.2. The predicted octanol–water partition coefficient (Wildman–Crippen LogP) is 1.79. The minimum absolute atomic E-state index is 0.296. The highest BCUT2D eigenvalue weighted by molar-refractivity contribution is 6.14. The number of benzene rings is 1. The zero-order valence-corrected chi connectivity index (χ0v) is 10.0. The van der Waals surface area contributed by atoms with Crippen molar-refractivity contribution in [2.75, 3.05) is 0 Å². The van der Waals surface area contributed by atoms with Crippen molar-refractivity contribution in [2.45, 2.75) is 20.8 Å².